The van der Waals surface area contributed by atoms with E-state index in [0.717, 1.165) is 41.0 Å². The van der Waals surface area contributed by atoms with E-state index in [1.54, 1.807) is 13.2 Å². The van der Waals surface area contributed by atoms with Gasteiger partial charge in [0.25, 0.3) is 0 Å². The van der Waals surface area contributed by atoms with Crippen LogP contribution in [-0.4, -0.2) is 7.11 Å². The molecule has 2 aromatic rings. The van der Waals surface area contributed by atoms with Crippen molar-refractivity contribution in [3.8, 4) is 5.75 Å². The highest BCUT2D eigenvalue weighted by Gasteiger charge is 2.25. The smallest absolute Gasteiger partial charge is 0.142 e. The maximum Gasteiger partial charge on any atom is 0.142 e. The fourth-order valence-corrected chi connectivity index (χ4v) is 2.87. The van der Waals surface area contributed by atoms with Gasteiger partial charge in [-0.15, -0.1) is 0 Å². The van der Waals surface area contributed by atoms with E-state index in [9.17, 15) is 4.39 Å². The van der Waals surface area contributed by atoms with Crippen LogP contribution >= 0.6 is 0 Å². The van der Waals surface area contributed by atoms with Crippen LogP contribution in [0.25, 0.3) is 0 Å². The summed E-state index contributed by atoms with van der Waals surface area (Å²) in [6.45, 7) is 2.03. The highest BCUT2D eigenvalue weighted by molar-refractivity contribution is 5.59. The van der Waals surface area contributed by atoms with Crippen molar-refractivity contribution < 1.29 is 9.13 Å². The normalized spacial score (nSPS) is 16.9. The molecule has 0 aliphatic heterocycles. The number of ether oxygens (including phenoxy) is 1. The molecular weight excluding hydrogens is 253 g/mol. The van der Waals surface area contributed by atoms with Crippen molar-refractivity contribution in [3.05, 3.63) is 58.9 Å². The third kappa shape index (κ3) is 2.24. The Bertz CT molecular complexity index is 639. The molecule has 0 heterocycles. The van der Waals surface area contributed by atoms with Crippen molar-refractivity contribution in [2.45, 2.75) is 25.8 Å². The fourth-order valence-electron chi connectivity index (χ4n) is 2.87. The first kappa shape index (κ1) is 13.0. The number of halogens is 1. The van der Waals surface area contributed by atoms with Gasteiger partial charge < -0.3 is 10.1 Å². The minimum atomic E-state index is -0.0947. The van der Waals surface area contributed by atoms with Crippen LogP contribution in [0.15, 0.2) is 36.4 Å². The Hall–Kier alpha value is -2.03. The van der Waals surface area contributed by atoms with Crippen LogP contribution in [0.3, 0.4) is 0 Å². The lowest BCUT2D eigenvalue weighted by molar-refractivity contribution is 0.415. The molecule has 1 aliphatic rings. The van der Waals surface area contributed by atoms with Gasteiger partial charge in [-0.3, -0.25) is 0 Å². The standard InChI is InChI=1S/C17H18FNO/c1-11-6-8-16(17(10-11)20-2)19-15-9-7-12-13(15)4-3-5-14(12)18/h3-6,8,10,15,19H,7,9H2,1-2H3. The number of fused-ring (bicyclic) bond motifs is 1. The van der Waals surface area contributed by atoms with Gasteiger partial charge in [-0.05, 0) is 54.7 Å². The van der Waals surface area contributed by atoms with Gasteiger partial charge in [0.1, 0.15) is 11.6 Å². The van der Waals surface area contributed by atoms with Crippen LogP contribution < -0.4 is 10.1 Å². The third-order valence-corrected chi connectivity index (χ3v) is 3.90. The quantitative estimate of drug-likeness (QED) is 0.901. The minimum absolute atomic E-state index is 0.0947. The average Bonchev–Trinajstić information content (AvgIpc) is 2.85. The monoisotopic (exact) mass is 271 g/mol. The summed E-state index contributed by atoms with van der Waals surface area (Å²) in [7, 11) is 1.67. The molecule has 0 spiro atoms. The maximum absolute atomic E-state index is 13.7. The van der Waals surface area contributed by atoms with Crippen molar-refractivity contribution in [1.29, 1.82) is 0 Å². The summed E-state index contributed by atoms with van der Waals surface area (Å²) in [5.74, 6) is 0.734. The van der Waals surface area contributed by atoms with Crippen LogP contribution in [0.5, 0.6) is 5.75 Å². The molecule has 1 unspecified atom stereocenters. The lowest BCUT2D eigenvalue weighted by Crippen LogP contribution is -2.08. The first-order valence-corrected chi connectivity index (χ1v) is 6.87. The minimum Gasteiger partial charge on any atom is -0.495 e. The average molecular weight is 271 g/mol. The summed E-state index contributed by atoms with van der Waals surface area (Å²) in [5, 5.41) is 3.48. The van der Waals surface area contributed by atoms with E-state index in [1.807, 2.05) is 31.2 Å². The number of hydrogen-bond donors (Lipinski definition) is 1. The largest absolute Gasteiger partial charge is 0.495 e. The molecule has 0 bridgehead atoms. The summed E-state index contributed by atoms with van der Waals surface area (Å²) in [4.78, 5) is 0. The zero-order chi connectivity index (χ0) is 14.1. The molecule has 1 aliphatic carbocycles. The molecule has 1 atom stereocenters. The summed E-state index contributed by atoms with van der Waals surface area (Å²) in [6, 6.07) is 11.5. The van der Waals surface area contributed by atoms with Gasteiger partial charge in [0.2, 0.25) is 0 Å². The van der Waals surface area contributed by atoms with Crippen LogP contribution in [-0.2, 0) is 6.42 Å². The number of aryl methyl sites for hydroxylation is 1. The zero-order valence-electron chi connectivity index (χ0n) is 11.7. The number of benzene rings is 2. The first-order valence-electron chi connectivity index (χ1n) is 6.87. The molecule has 1 N–H and O–H groups in total. The molecule has 0 amide bonds. The predicted molar refractivity (Wildman–Crippen MR) is 78.8 cm³/mol. The molecular formula is C17H18FNO. The lowest BCUT2D eigenvalue weighted by Gasteiger charge is -2.18. The van der Waals surface area contributed by atoms with Crippen molar-refractivity contribution in [3.63, 3.8) is 0 Å². The van der Waals surface area contributed by atoms with Crippen LogP contribution in [0, 0.1) is 12.7 Å². The van der Waals surface area contributed by atoms with Gasteiger partial charge in [-0.2, -0.15) is 0 Å². The second-order valence-corrected chi connectivity index (χ2v) is 5.25. The van der Waals surface area contributed by atoms with Crippen molar-refractivity contribution >= 4 is 5.69 Å². The molecule has 0 saturated heterocycles. The second-order valence-electron chi connectivity index (χ2n) is 5.25. The molecule has 2 aromatic carbocycles. The molecule has 0 saturated carbocycles. The Morgan fingerprint density at radius 1 is 1.25 bits per heavy atom. The van der Waals surface area contributed by atoms with Gasteiger partial charge in [0, 0.05) is 0 Å². The summed E-state index contributed by atoms with van der Waals surface area (Å²) < 4.78 is 19.2. The van der Waals surface area contributed by atoms with E-state index in [2.05, 4.69) is 5.32 Å². The Morgan fingerprint density at radius 2 is 2.10 bits per heavy atom. The topological polar surface area (TPSA) is 21.3 Å². The highest BCUT2D eigenvalue weighted by Crippen LogP contribution is 2.37. The first-order chi connectivity index (χ1) is 9.69. The van der Waals surface area contributed by atoms with E-state index < -0.39 is 0 Å². The number of nitrogens with one attached hydrogen (secondary N) is 1. The number of methoxy groups -OCH3 is 1. The van der Waals surface area contributed by atoms with Crippen LogP contribution in [0.1, 0.15) is 29.2 Å². The molecule has 0 radical (unpaired) electrons. The Morgan fingerprint density at radius 3 is 2.90 bits per heavy atom. The van der Waals surface area contributed by atoms with Crippen LogP contribution in [0.2, 0.25) is 0 Å². The van der Waals surface area contributed by atoms with Crippen LogP contribution in [0.4, 0.5) is 10.1 Å². The van der Waals surface area contributed by atoms with E-state index in [4.69, 9.17) is 4.74 Å². The summed E-state index contributed by atoms with van der Waals surface area (Å²) in [6.07, 6.45) is 1.70. The molecule has 20 heavy (non-hydrogen) atoms. The second kappa shape index (κ2) is 5.16. The van der Waals surface area contributed by atoms with Gasteiger partial charge in [-0.1, -0.05) is 18.2 Å². The van der Waals surface area contributed by atoms with Gasteiger partial charge in [0.15, 0.2) is 0 Å². The van der Waals surface area contributed by atoms with E-state index in [1.165, 1.54) is 6.07 Å². The van der Waals surface area contributed by atoms with Crippen molar-refractivity contribution in [2.24, 2.45) is 0 Å². The number of hydrogen-bond acceptors (Lipinski definition) is 2. The molecule has 3 heteroatoms. The van der Waals surface area contributed by atoms with E-state index >= 15 is 0 Å². The predicted octanol–water partition coefficient (Wildman–Crippen LogP) is 4.24. The zero-order valence-corrected chi connectivity index (χ0v) is 11.7. The fraction of sp³-hybridized carbons (Fsp3) is 0.294. The molecule has 0 fully saturated rings. The molecule has 2 nitrogen and oxygen atoms in total. The molecule has 0 aromatic heterocycles. The number of rotatable bonds is 3. The lowest BCUT2D eigenvalue weighted by atomic mass is 10.1. The van der Waals surface area contributed by atoms with Crippen molar-refractivity contribution in [2.75, 3.05) is 12.4 Å². The Labute approximate surface area is 118 Å². The number of anilines is 1. The molecule has 3 rings (SSSR count). The molecule has 104 valence electrons. The Balaban J connectivity index is 1.89. The van der Waals surface area contributed by atoms with E-state index in [0.29, 0.717) is 0 Å². The van der Waals surface area contributed by atoms with Crippen molar-refractivity contribution in [1.82, 2.24) is 0 Å². The van der Waals surface area contributed by atoms with E-state index in [-0.39, 0.29) is 11.9 Å². The summed E-state index contributed by atoms with van der Waals surface area (Å²) in [5.41, 5.74) is 4.02. The SMILES string of the molecule is COc1cc(C)ccc1NC1CCc2c(F)cccc21. The Kier molecular flexibility index (Phi) is 3.35. The van der Waals surface area contributed by atoms with Gasteiger partial charge in [0.05, 0.1) is 18.8 Å². The third-order valence-electron chi connectivity index (χ3n) is 3.90. The van der Waals surface area contributed by atoms with Gasteiger partial charge in [-0.25, -0.2) is 4.39 Å². The highest BCUT2D eigenvalue weighted by atomic mass is 19.1. The van der Waals surface area contributed by atoms with Gasteiger partial charge >= 0.3 is 0 Å². The summed E-state index contributed by atoms with van der Waals surface area (Å²) >= 11 is 0. The maximum atomic E-state index is 13.7.